The zero-order valence-electron chi connectivity index (χ0n) is 16.6. The average molecular weight is 415 g/mol. The van der Waals surface area contributed by atoms with Crippen molar-refractivity contribution < 1.29 is 13.2 Å². The van der Waals surface area contributed by atoms with Crippen molar-refractivity contribution in [1.82, 2.24) is 19.6 Å². The van der Waals surface area contributed by atoms with E-state index in [0.29, 0.717) is 13.1 Å². The third kappa shape index (κ3) is 4.33. The first kappa shape index (κ1) is 20.0. The maximum Gasteiger partial charge on any atom is 0.223 e. The number of nitrogens with zero attached hydrogens (tertiary/aromatic N) is 3. The summed E-state index contributed by atoms with van der Waals surface area (Å²) in [7, 11) is -3.28. The molecule has 8 heteroatoms. The minimum absolute atomic E-state index is 0.00832. The largest absolute Gasteiger partial charge is 0.342 e. The molecule has 2 aliphatic rings. The Morgan fingerprint density at radius 1 is 1.24 bits per heavy atom. The summed E-state index contributed by atoms with van der Waals surface area (Å²) >= 11 is 0. The van der Waals surface area contributed by atoms with Gasteiger partial charge in [-0.2, -0.15) is 0 Å². The molecule has 1 unspecified atom stereocenters. The van der Waals surface area contributed by atoms with Crippen LogP contribution in [0.4, 0.5) is 0 Å². The van der Waals surface area contributed by atoms with Crippen LogP contribution in [-0.2, 0) is 26.7 Å². The van der Waals surface area contributed by atoms with Gasteiger partial charge >= 0.3 is 0 Å². The van der Waals surface area contributed by atoms with Gasteiger partial charge in [-0.15, -0.1) is 0 Å². The lowest BCUT2D eigenvalue weighted by Gasteiger charge is -2.40. The molecule has 0 saturated carbocycles. The second-order valence-corrected chi connectivity index (χ2v) is 9.88. The van der Waals surface area contributed by atoms with E-state index in [1.54, 1.807) is 0 Å². The molecule has 1 aliphatic carbocycles. The Hall–Kier alpha value is -2.32. The summed E-state index contributed by atoms with van der Waals surface area (Å²) in [5.74, 6) is 0.720. The number of carbonyl (C=O) groups is 1. The van der Waals surface area contributed by atoms with Crippen molar-refractivity contribution in [3.63, 3.8) is 0 Å². The number of amides is 1. The van der Waals surface area contributed by atoms with Crippen LogP contribution in [0, 0.1) is 0 Å². The van der Waals surface area contributed by atoms with Gasteiger partial charge in [0, 0.05) is 43.2 Å². The number of fused-ring (bicyclic) bond motifs is 2. The lowest BCUT2D eigenvalue weighted by atomic mass is 9.77. The molecule has 1 spiro atoms. The number of sulfonamides is 1. The second kappa shape index (κ2) is 7.84. The van der Waals surface area contributed by atoms with Gasteiger partial charge in [0.1, 0.15) is 0 Å². The van der Waals surface area contributed by atoms with Crippen molar-refractivity contribution in [1.29, 1.82) is 0 Å². The van der Waals surface area contributed by atoms with E-state index in [9.17, 15) is 13.2 Å². The Morgan fingerprint density at radius 2 is 2.03 bits per heavy atom. The predicted molar refractivity (Wildman–Crippen MR) is 111 cm³/mol. The average Bonchev–Trinajstić information content (AvgIpc) is 3.05. The lowest BCUT2D eigenvalue weighted by Crippen LogP contribution is -2.48. The fourth-order valence-corrected chi connectivity index (χ4v) is 4.98. The number of hydrogen-bond donors (Lipinski definition) is 1. The molecule has 1 saturated heterocycles. The first-order valence-electron chi connectivity index (χ1n) is 10.0. The normalized spacial score (nSPS) is 21.3. The Balaban J connectivity index is 1.53. The van der Waals surface area contributed by atoms with Crippen molar-refractivity contribution in [3.05, 3.63) is 47.8 Å². The summed E-state index contributed by atoms with van der Waals surface area (Å²) < 4.78 is 24.9. The molecule has 2 heterocycles. The molecular formula is C21H26N4O3S. The Labute approximate surface area is 171 Å². The van der Waals surface area contributed by atoms with E-state index in [-0.39, 0.29) is 24.3 Å². The maximum absolute atomic E-state index is 12.7. The molecule has 4 rings (SSSR count). The molecule has 1 aromatic heterocycles. The molecule has 1 fully saturated rings. The van der Waals surface area contributed by atoms with Crippen molar-refractivity contribution >= 4 is 15.9 Å². The number of benzene rings is 1. The smallest absolute Gasteiger partial charge is 0.223 e. The van der Waals surface area contributed by atoms with Crippen molar-refractivity contribution in [2.75, 3.05) is 25.9 Å². The number of hydrogen-bond acceptors (Lipinski definition) is 5. The van der Waals surface area contributed by atoms with Crippen LogP contribution in [0.2, 0.25) is 0 Å². The number of carbonyl (C=O) groups excluding carboxylic acids is 1. The van der Waals surface area contributed by atoms with Crippen LogP contribution < -0.4 is 4.72 Å². The van der Waals surface area contributed by atoms with Gasteiger partial charge in [-0.25, -0.2) is 23.1 Å². The first-order chi connectivity index (χ1) is 13.9. The highest BCUT2D eigenvalue weighted by Gasteiger charge is 2.44. The zero-order chi connectivity index (χ0) is 20.5. The molecule has 2 aromatic rings. The number of nitrogens with one attached hydrogen (secondary N) is 1. The molecule has 1 atom stereocenters. The quantitative estimate of drug-likeness (QED) is 0.807. The molecule has 29 heavy (non-hydrogen) atoms. The summed E-state index contributed by atoms with van der Waals surface area (Å²) in [5, 5.41) is 0. The van der Waals surface area contributed by atoms with Gasteiger partial charge in [-0.05, 0) is 31.2 Å². The number of rotatable bonds is 5. The van der Waals surface area contributed by atoms with E-state index >= 15 is 0 Å². The van der Waals surface area contributed by atoms with Crippen LogP contribution >= 0.6 is 0 Å². The number of aryl methyl sites for hydroxylation is 1. The SMILES string of the molecule is CS(=O)(=O)NCCC(=O)N1CCCC2(CCc3cnc(-c4ccccc4)nc32)C1. The van der Waals surface area contributed by atoms with Crippen LogP contribution in [0.15, 0.2) is 36.5 Å². The summed E-state index contributed by atoms with van der Waals surface area (Å²) in [4.78, 5) is 24.1. The van der Waals surface area contributed by atoms with E-state index in [2.05, 4.69) is 9.71 Å². The Morgan fingerprint density at radius 3 is 2.79 bits per heavy atom. The fourth-order valence-electron chi connectivity index (χ4n) is 4.51. The molecule has 1 N–H and O–H groups in total. The fraction of sp³-hybridized carbons (Fsp3) is 0.476. The summed E-state index contributed by atoms with van der Waals surface area (Å²) in [6, 6.07) is 9.95. The predicted octanol–water partition coefficient (Wildman–Crippen LogP) is 1.89. The van der Waals surface area contributed by atoms with Crippen LogP contribution in [0.5, 0.6) is 0 Å². The Bertz CT molecular complexity index is 1010. The minimum atomic E-state index is -3.28. The van der Waals surface area contributed by atoms with Gasteiger partial charge in [0.15, 0.2) is 5.82 Å². The topological polar surface area (TPSA) is 92.3 Å². The monoisotopic (exact) mass is 414 g/mol. The van der Waals surface area contributed by atoms with Gasteiger partial charge < -0.3 is 4.90 Å². The summed E-state index contributed by atoms with van der Waals surface area (Å²) in [6.07, 6.45) is 7.06. The van der Waals surface area contributed by atoms with Gasteiger partial charge in [-0.3, -0.25) is 4.79 Å². The van der Waals surface area contributed by atoms with Crippen LogP contribution in [-0.4, -0.2) is 55.1 Å². The molecule has 1 aromatic carbocycles. The van der Waals surface area contributed by atoms with E-state index < -0.39 is 10.0 Å². The maximum atomic E-state index is 12.7. The summed E-state index contributed by atoms with van der Waals surface area (Å²) in [5.41, 5.74) is 3.13. The van der Waals surface area contributed by atoms with Gasteiger partial charge in [0.2, 0.25) is 15.9 Å². The third-order valence-electron chi connectivity index (χ3n) is 5.90. The zero-order valence-corrected chi connectivity index (χ0v) is 17.4. The summed E-state index contributed by atoms with van der Waals surface area (Å²) in [6.45, 7) is 1.49. The molecule has 154 valence electrons. The molecule has 0 radical (unpaired) electrons. The Kier molecular flexibility index (Phi) is 5.40. The van der Waals surface area contributed by atoms with E-state index in [0.717, 1.165) is 49.0 Å². The number of piperidine rings is 1. The second-order valence-electron chi connectivity index (χ2n) is 8.05. The first-order valence-corrected chi connectivity index (χ1v) is 11.9. The molecule has 7 nitrogen and oxygen atoms in total. The van der Waals surface area contributed by atoms with Gasteiger partial charge in [0.05, 0.1) is 11.9 Å². The molecule has 1 amide bonds. The highest BCUT2D eigenvalue weighted by molar-refractivity contribution is 7.88. The van der Waals surface area contributed by atoms with E-state index in [1.165, 1.54) is 5.56 Å². The van der Waals surface area contributed by atoms with Gasteiger partial charge in [-0.1, -0.05) is 30.3 Å². The number of likely N-dealkylation sites (tertiary alicyclic amines) is 1. The van der Waals surface area contributed by atoms with Crippen LogP contribution in [0.1, 0.15) is 36.9 Å². The molecule has 0 bridgehead atoms. The van der Waals surface area contributed by atoms with E-state index in [1.807, 2.05) is 41.4 Å². The van der Waals surface area contributed by atoms with Gasteiger partial charge in [0.25, 0.3) is 0 Å². The lowest BCUT2D eigenvalue weighted by molar-refractivity contribution is -0.133. The molecular weight excluding hydrogens is 388 g/mol. The highest BCUT2D eigenvalue weighted by atomic mass is 32.2. The van der Waals surface area contributed by atoms with Crippen LogP contribution in [0.25, 0.3) is 11.4 Å². The van der Waals surface area contributed by atoms with Crippen molar-refractivity contribution in [2.24, 2.45) is 0 Å². The van der Waals surface area contributed by atoms with E-state index in [4.69, 9.17) is 4.98 Å². The van der Waals surface area contributed by atoms with Crippen molar-refractivity contribution in [2.45, 2.75) is 37.5 Å². The third-order valence-corrected chi connectivity index (χ3v) is 6.63. The van der Waals surface area contributed by atoms with Crippen LogP contribution in [0.3, 0.4) is 0 Å². The minimum Gasteiger partial charge on any atom is -0.342 e. The number of aromatic nitrogens is 2. The standard InChI is InChI=1S/C21H26N4O3S/c1-29(27,28)23-12-9-18(26)25-13-5-10-21(15-25)11-8-17-14-22-20(24-19(17)21)16-6-3-2-4-7-16/h2-4,6-7,14,23H,5,8-13,15H2,1H3. The van der Waals surface area contributed by atoms with Crippen molar-refractivity contribution in [3.8, 4) is 11.4 Å². The molecule has 1 aliphatic heterocycles. The highest BCUT2D eigenvalue weighted by Crippen LogP contribution is 2.44.